The van der Waals surface area contributed by atoms with Crippen LogP contribution in [-0.2, 0) is 9.53 Å². The molecule has 0 saturated heterocycles. The van der Waals surface area contributed by atoms with Crippen LogP contribution in [-0.4, -0.2) is 38.6 Å². The standard InChI is InChI=1S/C19H22ClN3O3/c1-13-6-7-16(11-17(13)20)23-18(24)12-22-15-5-3-4-14(10-15)19(25)21-8-9-26-2/h3-7,10-11,22H,8-9,12H2,1-2H3,(H,21,25)(H,23,24). The monoisotopic (exact) mass is 375 g/mol. The van der Waals surface area contributed by atoms with Crippen LogP contribution in [0.25, 0.3) is 0 Å². The van der Waals surface area contributed by atoms with Crippen molar-refractivity contribution in [2.24, 2.45) is 0 Å². The fourth-order valence-corrected chi connectivity index (χ4v) is 2.38. The van der Waals surface area contributed by atoms with Crippen LogP contribution in [0.5, 0.6) is 0 Å². The van der Waals surface area contributed by atoms with Crippen LogP contribution in [0, 0.1) is 6.92 Å². The van der Waals surface area contributed by atoms with E-state index in [-0.39, 0.29) is 18.4 Å². The van der Waals surface area contributed by atoms with Gasteiger partial charge < -0.3 is 20.7 Å². The molecule has 0 aliphatic carbocycles. The van der Waals surface area contributed by atoms with Gasteiger partial charge in [0.15, 0.2) is 0 Å². The Kier molecular flexibility index (Phi) is 7.44. The molecule has 2 amide bonds. The summed E-state index contributed by atoms with van der Waals surface area (Å²) in [7, 11) is 1.58. The molecule has 0 radical (unpaired) electrons. The molecule has 0 spiro atoms. The van der Waals surface area contributed by atoms with Gasteiger partial charge in [-0.15, -0.1) is 0 Å². The van der Waals surface area contributed by atoms with Crippen LogP contribution in [0.1, 0.15) is 15.9 Å². The zero-order valence-corrected chi connectivity index (χ0v) is 15.5. The molecule has 2 rings (SSSR count). The summed E-state index contributed by atoms with van der Waals surface area (Å²) in [6.07, 6.45) is 0. The molecule has 6 nitrogen and oxygen atoms in total. The Morgan fingerprint density at radius 1 is 1.12 bits per heavy atom. The first-order valence-corrected chi connectivity index (χ1v) is 8.54. The Morgan fingerprint density at radius 2 is 1.92 bits per heavy atom. The fraction of sp³-hybridized carbons (Fsp3) is 0.263. The summed E-state index contributed by atoms with van der Waals surface area (Å²) in [5.74, 6) is -0.399. The van der Waals surface area contributed by atoms with Gasteiger partial charge in [-0.2, -0.15) is 0 Å². The van der Waals surface area contributed by atoms with Crippen molar-refractivity contribution in [2.75, 3.05) is 37.4 Å². The van der Waals surface area contributed by atoms with Gasteiger partial charge in [0.05, 0.1) is 13.2 Å². The second-order valence-corrected chi connectivity index (χ2v) is 6.10. The molecule has 0 atom stereocenters. The number of hydrogen-bond donors (Lipinski definition) is 3. The molecule has 0 heterocycles. The van der Waals surface area contributed by atoms with Gasteiger partial charge in [0.25, 0.3) is 5.91 Å². The number of hydrogen-bond acceptors (Lipinski definition) is 4. The molecule has 7 heteroatoms. The molecule has 3 N–H and O–H groups in total. The van der Waals surface area contributed by atoms with E-state index in [0.29, 0.717) is 35.1 Å². The summed E-state index contributed by atoms with van der Waals surface area (Å²) < 4.78 is 4.90. The van der Waals surface area contributed by atoms with E-state index in [2.05, 4.69) is 16.0 Å². The minimum atomic E-state index is -0.208. The molecule has 0 saturated carbocycles. The van der Waals surface area contributed by atoms with Crippen molar-refractivity contribution in [2.45, 2.75) is 6.92 Å². The zero-order valence-electron chi connectivity index (χ0n) is 14.8. The number of halogens is 1. The third-order valence-electron chi connectivity index (χ3n) is 3.63. The largest absolute Gasteiger partial charge is 0.383 e. The van der Waals surface area contributed by atoms with E-state index in [4.69, 9.17) is 16.3 Å². The van der Waals surface area contributed by atoms with Gasteiger partial charge in [-0.25, -0.2) is 0 Å². The van der Waals surface area contributed by atoms with E-state index < -0.39 is 0 Å². The lowest BCUT2D eigenvalue weighted by molar-refractivity contribution is -0.114. The number of anilines is 2. The number of nitrogens with one attached hydrogen (secondary N) is 3. The molecule has 0 fully saturated rings. The van der Waals surface area contributed by atoms with Crippen LogP contribution in [0.2, 0.25) is 5.02 Å². The van der Waals surface area contributed by atoms with E-state index in [9.17, 15) is 9.59 Å². The van der Waals surface area contributed by atoms with Crippen LogP contribution in [0.15, 0.2) is 42.5 Å². The Hall–Kier alpha value is -2.57. The topological polar surface area (TPSA) is 79.5 Å². The van der Waals surface area contributed by atoms with Crippen LogP contribution in [0.4, 0.5) is 11.4 Å². The number of benzene rings is 2. The Morgan fingerprint density at radius 3 is 2.65 bits per heavy atom. The molecule has 0 aliphatic rings. The number of aryl methyl sites for hydroxylation is 1. The van der Waals surface area contributed by atoms with E-state index in [1.165, 1.54) is 0 Å². The van der Waals surface area contributed by atoms with Gasteiger partial charge in [0.2, 0.25) is 5.91 Å². The molecule has 0 unspecified atom stereocenters. The lowest BCUT2D eigenvalue weighted by atomic mass is 10.2. The second-order valence-electron chi connectivity index (χ2n) is 5.70. The van der Waals surface area contributed by atoms with Gasteiger partial charge in [-0.1, -0.05) is 23.7 Å². The predicted molar refractivity (Wildman–Crippen MR) is 104 cm³/mol. The number of carbonyl (C=O) groups excluding carboxylic acids is 2. The minimum Gasteiger partial charge on any atom is -0.383 e. The number of rotatable bonds is 8. The first kappa shape index (κ1) is 19.8. The highest BCUT2D eigenvalue weighted by atomic mass is 35.5. The van der Waals surface area contributed by atoms with Crippen molar-refractivity contribution >= 4 is 34.8 Å². The van der Waals surface area contributed by atoms with Gasteiger partial charge in [0, 0.05) is 35.6 Å². The average Bonchev–Trinajstić information content (AvgIpc) is 2.63. The summed E-state index contributed by atoms with van der Waals surface area (Å²) in [6.45, 7) is 2.86. The van der Waals surface area contributed by atoms with Gasteiger partial charge >= 0.3 is 0 Å². The van der Waals surface area contributed by atoms with Gasteiger partial charge in [0.1, 0.15) is 0 Å². The Balaban J connectivity index is 1.88. The van der Waals surface area contributed by atoms with E-state index in [1.807, 2.05) is 13.0 Å². The molecule has 26 heavy (non-hydrogen) atoms. The quantitative estimate of drug-likeness (QED) is 0.619. The third-order valence-corrected chi connectivity index (χ3v) is 4.03. The maximum absolute atomic E-state index is 12.1. The molecule has 0 bridgehead atoms. The number of carbonyl (C=O) groups is 2. The van der Waals surface area contributed by atoms with Crippen molar-refractivity contribution in [1.82, 2.24) is 5.32 Å². The summed E-state index contributed by atoms with van der Waals surface area (Å²) in [5, 5.41) is 9.13. The SMILES string of the molecule is COCCNC(=O)c1cccc(NCC(=O)Nc2ccc(C)c(Cl)c2)c1. The molecule has 2 aromatic carbocycles. The maximum Gasteiger partial charge on any atom is 0.251 e. The summed E-state index contributed by atoms with van der Waals surface area (Å²) in [4.78, 5) is 24.1. The molecular weight excluding hydrogens is 354 g/mol. The zero-order chi connectivity index (χ0) is 18.9. The number of ether oxygens (including phenoxy) is 1. The van der Waals surface area contributed by atoms with Crippen molar-refractivity contribution in [3.8, 4) is 0 Å². The molecule has 0 aliphatic heterocycles. The van der Waals surface area contributed by atoms with Crippen LogP contribution >= 0.6 is 11.6 Å². The lowest BCUT2D eigenvalue weighted by Gasteiger charge is -2.10. The third kappa shape index (κ3) is 6.06. The highest BCUT2D eigenvalue weighted by Gasteiger charge is 2.07. The highest BCUT2D eigenvalue weighted by molar-refractivity contribution is 6.31. The smallest absolute Gasteiger partial charge is 0.251 e. The number of amides is 2. The number of methoxy groups -OCH3 is 1. The first-order chi connectivity index (χ1) is 12.5. The first-order valence-electron chi connectivity index (χ1n) is 8.16. The predicted octanol–water partition coefficient (Wildman–Crippen LogP) is 3.08. The van der Waals surface area contributed by atoms with Crippen molar-refractivity contribution in [1.29, 1.82) is 0 Å². The molecule has 2 aromatic rings. The Labute approximate surface area is 157 Å². The van der Waals surface area contributed by atoms with Crippen LogP contribution < -0.4 is 16.0 Å². The lowest BCUT2D eigenvalue weighted by Crippen LogP contribution is -2.27. The van der Waals surface area contributed by atoms with Crippen molar-refractivity contribution in [3.05, 3.63) is 58.6 Å². The Bertz CT molecular complexity index is 780. The van der Waals surface area contributed by atoms with E-state index >= 15 is 0 Å². The summed E-state index contributed by atoms with van der Waals surface area (Å²) >= 11 is 6.05. The maximum atomic E-state index is 12.1. The van der Waals surface area contributed by atoms with Crippen LogP contribution in [0.3, 0.4) is 0 Å². The molecular formula is C19H22ClN3O3. The normalized spacial score (nSPS) is 10.3. The molecule has 0 aromatic heterocycles. The summed E-state index contributed by atoms with van der Waals surface area (Å²) in [5.41, 5.74) is 2.78. The van der Waals surface area contributed by atoms with E-state index in [0.717, 1.165) is 5.56 Å². The van der Waals surface area contributed by atoms with Gasteiger partial charge in [-0.3, -0.25) is 9.59 Å². The average molecular weight is 376 g/mol. The fourth-order valence-electron chi connectivity index (χ4n) is 2.20. The molecule has 138 valence electrons. The second kappa shape index (κ2) is 9.79. The highest BCUT2D eigenvalue weighted by Crippen LogP contribution is 2.19. The summed E-state index contributed by atoms with van der Waals surface area (Å²) in [6, 6.07) is 12.3. The van der Waals surface area contributed by atoms with Gasteiger partial charge in [-0.05, 0) is 42.8 Å². The minimum absolute atomic E-state index is 0.0697. The van der Waals surface area contributed by atoms with E-state index in [1.54, 1.807) is 43.5 Å². The van der Waals surface area contributed by atoms with Crippen molar-refractivity contribution in [3.63, 3.8) is 0 Å². The van der Waals surface area contributed by atoms with Crippen molar-refractivity contribution < 1.29 is 14.3 Å².